The maximum Gasteiger partial charge on any atom is 0.270 e. The van der Waals surface area contributed by atoms with Crippen LogP contribution in [0.5, 0.6) is 0 Å². The van der Waals surface area contributed by atoms with Gasteiger partial charge in [-0.25, -0.2) is 8.42 Å². The van der Waals surface area contributed by atoms with Crippen molar-refractivity contribution in [2.75, 3.05) is 9.62 Å². The minimum Gasteiger partial charge on any atom is -0.360 e. The van der Waals surface area contributed by atoms with Crippen molar-refractivity contribution in [3.05, 3.63) is 106 Å². The molecule has 1 aliphatic heterocycles. The van der Waals surface area contributed by atoms with E-state index in [0.717, 1.165) is 11.1 Å². The number of anilines is 2. The maximum atomic E-state index is 13.5. The average molecular weight is 447 g/mol. The largest absolute Gasteiger partial charge is 0.360 e. The summed E-state index contributed by atoms with van der Waals surface area (Å²) >= 11 is 0. The fraction of sp³-hybridized carbons (Fsp3) is 0.120. The number of carbonyl (C=O) groups is 2. The SMILES string of the molecule is CC(=O)c1ccc(NC=C2C(=O)c3ccccc3N(Cc3ccc(C)cc3)S2(=O)=O)cc1. The second-order valence-corrected chi connectivity index (χ2v) is 9.46. The Balaban J connectivity index is 1.73. The van der Waals surface area contributed by atoms with E-state index in [-0.39, 0.29) is 17.2 Å². The van der Waals surface area contributed by atoms with Crippen LogP contribution in [0, 0.1) is 6.92 Å². The predicted octanol–water partition coefficient (Wildman–Crippen LogP) is 4.68. The lowest BCUT2D eigenvalue weighted by Crippen LogP contribution is -2.39. The van der Waals surface area contributed by atoms with Gasteiger partial charge in [-0.2, -0.15) is 0 Å². The first-order valence-corrected chi connectivity index (χ1v) is 11.5. The molecule has 0 saturated heterocycles. The molecule has 162 valence electrons. The first kappa shape index (κ1) is 21.5. The van der Waals surface area contributed by atoms with E-state index in [1.807, 2.05) is 31.2 Å². The Morgan fingerprint density at radius 3 is 2.28 bits per heavy atom. The zero-order valence-electron chi connectivity index (χ0n) is 17.7. The van der Waals surface area contributed by atoms with Crippen LogP contribution in [-0.4, -0.2) is 20.0 Å². The molecule has 3 aromatic rings. The van der Waals surface area contributed by atoms with Crippen molar-refractivity contribution in [3.8, 4) is 0 Å². The molecule has 1 aliphatic rings. The van der Waals surface area contributed by atoms with E-state index in [4.69, 9.17) is 0 Å². The quantitative estimate of drug-likeness (QED) is 0.454. The third kappa shape index (κ3) is 4.07. The Morgan fingerprint density at radius 1 is 0.969 bits per heavy atom. The van der Waals surface area contributed by atoms with Crippen molar-refractivity contribution in [2.45, 2.75) is 20.4 Å². The predicted molar refractivity (Wildman–Crippen MR) is 125 cm³/mol. The molecular weight excluding hydrogens is 424 g/mol. The fourth-order valence-electron chi connectivity index (χ4n) is 3.50. The summed E-state index contributed by atoms with van der Waals surface area (Å²) in [5.41, 5.74) is 3.69. The zero-order valence-corrected chi connectivity index (χ0v) is 18.5. The van der Waals surface area contributed by atoms with Gasteiger partial charge in [0.1, 0.15) is 0 Å². The molecule has 0 atom stereocenters. The highest BCUT2D eigenvalue weighted by atomic mass is 32.2. The summed E-state index contributed by atoms with van der Waals surface area (Å²) < 4.78 is 28.2. The van der Waals surface area contributed by atoms with Gasteiger partial charge in [0.2, 0.25) is 5.78 Å². The summed E-state index contributed by atoms with van der Waals surface area (Å²) in [6.45, 7) is 3.54. The second kappa shape index (κ2) is 8.43. The molecule has 0 radical (unpaired) electrons. The molecule has 7 heteroatoms. The van der Waals surface area contributed by atoms with Gasteiger partial charge >= 0.3 is 0 Å². The van der Waals surface area contributed by atoms with E-state index in [1.54, 1.807) is 48.5 Å². The van der Waals surface area contributed by atoms with Gasteiger partial charge in [0, 0.05) is 23.0 Å². The van der Waals surface area contributed by atoms with Crippen LogP contribution in [0.1, 0.15) is 38.8 Å². The number of para-hydroxylation sites is 1. The summed E-state index contributed by atoms with van der Waals surface area (Å²) in [5.74, 6) is -0.628. The van der Waals surface area contributed by atoms with Gasteiger partial charge in [0.15, 0.2) is 10.7 Å². The van der Waals surface area contributed by atoms with Crippen LogP contribution in [0.3, 0.4) is 0 Å². The van der Waals surface area contributed by atoms with Gasteiger partial charge in [0.05, 0.1) is 12.2 Å². The number of carbonyl (C=O) groups excluding carboxylic acids is 2. The minimum atomic E-state index is -4.10. The standard InChI is InChI=1S/C25H22N2O4S/c1-17-7-9-19(10-8-17)16-27-23-6-4-3-5-22(23)25(29)24(32(27,30)31)15-26-21-13-11-20(12-14-21)18(2)28/h3-15,26H,16H2,1-2H3. The molecule has 32 heavy (non-hydrogen) atoms. The Morgan fingerprint density at radius 2 is 1.62 bits per heavy atom. The molecule has 1 N–H and O–H groups in total. The first-order chi connectivity index (χ1) is 15.3. The van der Waals surface area contributed by atoms with Crippen LogP contribution in [0.2, 0.25) is 0 Å². The highest BCUT2D eigenvalue weighted by Gasteiger charge is 2.40. The first-order valence-electron chi connectivity index (χ1n) is 10.1. The number of aryl methyl sites for hydroxylation is 1. The molecule has 0 aliphatic carbocycles. The molecule has 3 aromatic carbocycles. The molecule has 0 bridgehead atoms. The highest BCUT2D eigenvalue weighted by Crippen LogP contribution is 2.36. The number of rotatable bonds is 5. The van der Waals surface area contributed by atoms with Gasteiger partial charge in [0.25, 0.3) is 10.0 Å². The van der Waals surface area contributed by atoms with Crippen molar-refractivity contribution in [2.24, 2.45) is 0 Å². The number of Topliss-reactive ketones (excluding diaryl/α,β-unsaturated/α-hetero) is 2. The van der Waals surface area contributed by atoms with Crippen LogP contribution < -0.4 is 9.62 Å². The van der Waals surface area contributed by atoms with Gasteiger partial charge in [-0.1, -0.05) is 42.0 Å². The number of nitrogens with zero attached hydrogens (tertiary/aromatic N) is 1. The molecular formula is C25H22N2O4S. The van der Waals surface area contributed by atoms with Crippen LogP contribution in [0.25, 0.3) is 0 Å². The Hall–Kier alpha value is -3.71. The third-order valence-corrected chi connectivity index (χ3v) is 7.08. The molecule has 0 saturated carbocycles. The zero-order chi connectivity index (χ0) is 22.9. The van der Waals surface area contributed by atoms with Crippen LogP contribution in [-0.2, 0) is 16.6 Å². The summed E-state index contributed by atoms with van der Waals surface area (Å²) in [7, 11) is -4.10. The van der Waals surface area contributed by atoms with Crippen molar-refractivity contribution in [1.29, 1.82) is 0 Å². The van der Waals surface area contributed by atoms with Gasteiger partial charge in [-0.05, 0) is 55.8 Å². The molecule has 4 rings (SSSR count). The fourth-order valence-corrected chi connectivity index (χ4v) is 5.03. The van der Waals surface area contributed by atoms with E-state index in [9.17, 15) is 18.0 Å². The van der Waals surface area contributed by atoms with Crippen molar-refractivity contribution >= 4 is 33.0 Å². The number of sulfonamides is 1. The van der Waals surface area contributed by atoms with Crippen molar-refractivity contribution in [3.63, 3.8) is 0 Å². The number of benzene rings is 3. The number of nitrogens with one attached hydrogen (secondary N) is 1. The number of ketones is 2. The summed E-state index contributed by atoms with van der Waals surface area (Å²) in [6, 6.07) is 20.9. The van der Waals surface area contributed by atoms with E-state index in [2.05, 4.69) is 5.32 Å². The monoisotopic (exact) mass is 446 g/mol. The summed E-state index contributed by atoms with van der Waals surface area (Å²) in [5, 5.41) is 2.89. The smallest absolute Gasteiger partial charge is 0.270 e. The van der Waals surface area contributed by atoms with Crippen LogP contribution in [0.15, 0.2) is 83.9 Å². The topological polar surface area (TPSA) is 83.6 Å². The Labute approximate surface area is 187 Å². The molecule has 1 heterocycles. The molecule has 0 spiro atoms. The molecule has 0 unspecified atom stereocenters. The lowest BCUT2D eigenvalue weighted by Gasteiger charge is -2.31. The normalized spacial score (nSPS) is 16.0. The maximum absolute atomic E-state index is 13.5. The van der Waals surface area contributed by atoms with Gasteiger partial charge in [-0.3, -0.25) is 13.9 Å². The highest BCUT2D eigenvalue weighted by molar-refractivity contribution is 7.97. The summed E-state index contributed by atoms with van der Waals surface area (Å²) in [4.78, 5) is 24.2. The van der Waals surface area contributed by atoms with E-state index in [0.29, 0.717) is 22.5 Å². The van der Waals surface area contributed by atoms with E-state index < -0.39 is 15.8 Å². The second-order valence-electron chi connectivity index (χ2n) is 7.63. The third-order valence-electron chi connectivity index (χ3n) is 5.32. The van der Waals surface area contributed by atoms with Crippen LogP contribution in [0.4, 0.5) is 11.4 Å². The minimum absolute atomic E-state index is 0.0664. The average Bonchev–Trinajstić information content (AvgIpc) is 2.78. The lowest BCUT2D eigenvalue weighted by molar-refractivity contribution is 0.101. The number of fused-ring (bicyclic) bond motifs is 1. The summed E-state index contributed by atoms with van der Waals surface area (Å²) in [6.07, 6.45) is 1.22. The van der Waals surface area contributed by atoms with Crippen molar-refractivity contribution in [1.82, 2.24) is 0 Å². The Kier molecular flexibility index (Phi) is 5.67. The molecule has 0 fully saturated rings. The van der Waals surface area contributed by atoms with E-state index in [1.165, 1.54) is 17.4 Å². The van der Waals surface area contributed by atoms with Crippen molar-refractivity contribution < 1.29 is 18.0 Å². The molecule has 0 aromatic heterocycles. The van der Waals surface area contributed by atoms with Gasteiger partial charge in [-0.15, -0.1) is 0 Å². The molecule has 6 nitrogen and oxygen atoms in total. The Bertz CT molecular complexity index is 1330. The van der Waals surface area contributed by atoms with Crippen LogP contribution >= 0.6 is 0 Å². The number of hydrogen-bond acceptors (Lipinski definition) is 5. The van der Waals surface area contributed by atoms with E-state index >= 15 is 0 Å². The number of hydrogen-bond donors (Lipinski definition) is 1. The molecule has 0 amide bonds. The van der Waals surface area contributed by atoms with Gasteiger partial charge < -0.3 is 5.32 Å². The lowest BCUT2D eigenvalue weighted by atomic mass is 10.1. The number of allylic oxidation sites excluding steroid dienone is 1.